The number of hydrogen-bond acceptors (Lipinski definition) is 7. The molecule has 0 spiro atoms. The van der Waals surface area contributed by atoms with Gasteiger partial charge in [0.05, 0.1) is 6.61 Å². The van der Waals surface area contributed by atoms with Gasteiger partial charge in [0.2, 0.25) is 10.9 Å². The van der Waals surface area contributed by atoms with Crippen molar-refractivity contribution in [1.29, 1.82) is 0 Å². The van der Waals surface area contributed by atoms with Gasteiger partial charge in [-0.3, -0.25) is 0 Å². The zero-order valence-electron chi connectivity index (χ0n) is 11.2. The monoisotopic (exact) mass is 290 g/mol. The third-order valence-electron chi connectivity index (χ3n) is 2.36. The van der Waals surface area contributed by atoms with Crippen molar-refractivity contribution in [3.8, 4) is 0 Å². The molecule has 1 N–H and O–H groups in total. The summed E-state index contributed by atoms with van der Waals surface area (Å²) in [6, 6.07) is 9.42. The van der Waals surface area contributed by atoms with Gasteiger partial charge in [0.25, 0.3) is 0 Å². The number of aromatic nitrogens is 3. The molecule has 0 saturated carbocycles. The maximum absolute atomic E-state index is 11.8. The molecule has 0 saturated heterocycles. The van der Waals surface area contributed by atoms with E-state index < -0.39 is 5.97 Å². The average Bonchev–Trinajstić information content (AvgIpc) is 2.48. The van der Waals surface area contributed by atoms with Crippen molar-refractivity contribution < 1.29 is 9.53 Å². The van der Waals surface area contributed by atoms with Crippen LogP contribution in [0.4, 0.5) is 11.5 Å². The minimum atomic E-state index is -0.543. The Hall–Kier alpha value is -2.15. The van der Waals surface area contributed by atoms with Gasteiger partial charge in [-0.05, 0) is 25.3 Å². The number of rotatable bonds is 5. The van der Waals surface area contributed by atoms with Gasteiger partial charge in [-0.25, -0.2) is 9.78 Å². The highest BCUT2D eigenvalue weighted by Gasteiger charge is 2.18. The second-order valence-electron chi connectivity index (χ2n) is 3.71. The number of thioether (sulfide) groups is 1. The van der Waals surface area contributed by atoms with Crippen LogP contribution in [0.5, 0.6) is 0 Å². The van der Waals surface area contributed by atoms with Crippen LogP contribution in [0, 0.1) is 0 Å². The predicted molar refractivity (Wildman–Crippen MR) is 77.3 cm³/mol. The van der Waals surface area contributed by atoms with Gasteiger partial charge in [-0.15, -0.1) is 10.2 Å². The van der Waals surface area contributed by atoms with Crippen molar-refractivity contribution in [1.82, 2.24) is 15.2 Å². The van der Waals surface area contributed by atoms with Crippen LogP contribution in [0.25, 0.3) is 0 Å². The molecule has 7 heteroatoms. The van der Waals surface area contributed by atoms with Gasteiger partial charge in [0, 0.05) is 5.69 Å². The van der Waals surface area contributed by atoms with Crippen LogP contribution in [0.15, 0.2) is 35.5 Å². The van der Waals surface area contributed by atoms with Gasteiger partial charge in [0.1, 0.15) is 0 Å². The van der Waals surface area contributed by atoms with E-state index in [4.69, 9.17) is 4.74 Å². The molecule has 104 valence electrons. The predicted octanol–water partition coefficient (Wildman–Crippen LogP) is 2.51. The van der Waals surface area contributed by atoms with Gasteiger partial charge < -0.3 is 10.1 Å². The Balaban J connectivity index is 2.34. The molecule has 1 aromatic carbocycles. The summed E-state index contributed by atoms with van der Waals surface area (Å²) in [7, 11) is 0. The van der Waals surface area contributed by atoms with Crippen molar-refractivity contribution in [3.05, 3.63) is 36.0 Å². The summed E-state index contributed by atoms with van der Waals surface area (Å²) in [5.74, 6) is -0.201. The Bertz CT molecular complexity index is 592. The smallest absolute Gasteiger partial charge is 0.362 e. The van der Waals surface area contributed by atoms with E-state index in [2.05, 4.69) is 20.5 Å². The first-order valence-electron chi connectivity index (χ1n) is 6.02. The lowest BCUT2D eigenvalue weighted by Gasteiger charge is -2.09. The van der Waals surface area contributed by atoms with Crippen molar-refractivity contribution in [3.63, 3.8) is 0 Å². The Morgan fingerprint density at radius 1 is 1.30 bits per heavy atom. The van der Waals surface area contributed by atoms with Crippen LogP contribution in [-0.2, 0) is 4.74 Å². The SMILES string of the molecule is CCOC(=O)c1nnc(SC)nc1Nc1ccccc1. The molecule has 2 aromatic rings. The fourth-order valence-corrected chi connectivity index (χ4v) is 1.78. The first kappa shape index (κ1) is 14.3. The third kappa shape index (κ3) is 3.45. The largest absolute Gasteiger partial charge is 0.461 e. The molecule has 0 atom stereocenters. The summed E-state index contributed by atoms with van der Waals surface area (Å²) < 4.78 is 4.95. The minimum Gasteiger partial charge on any atom is -0.461 e. The first-order chi connectivity index (χ1) is 9.74. The maximum atomic E-state index is 11.8. The summed E-state index contributed by atoms with van der Waals surface area (Å²) in [4.78, 5) is 16.1. The number of carbonyl (C=O) groups is 1. The topological polar surface area (TPSA) is 77.0 Å². The number of hydrogen-bond donors (Lipinski definition) is 1. The highest BCUT2D eigenvalue weighted by atomic mass is 32.2. The molecule has 20 heavy (non-hydrogen) atoms. The van der Waals surface area contributed by atoms with Crippen LogP contribution in [-0.4, -0.2) is 34.0 Å². The number of nitrogens with one attached hydrogen (secondary N) is 1. The Morgan fingerprint density at radius 2 is 2.05 bits per heavy atom. The number of para-hydroxylation sites is 1. The van der Waals surface area contributed by atoms with Crippen LogP contribution in [0.1, 0.15) is 17.4 Å². The van der Waals surface area contributed by atoms with E-state index in [1.807, 2.05) is 36.6 Å². The fourth-order valence-electron chi connectivity index (χ4n) is 1.48. The lowest BCUT2D eigenvalue weighted by molar-refractivity contribution is 0.0518. The second-order valence-corrected chi connectivity index (χ2v) is 4.48. The van der Waals surface area contributed by atoms with Gasteiger partial charge in [-0.2, -0.15) is 0 Å². The zero-order valence-corrected chi connectivity index (χ0v) is 12.0. The standard InChI is InChI=1S/C13H14N4O2S/c1-3-19-12(18)10-11(15-13(20-2)17-16-10)14-9-7-5-4-6-8-9/h4-8H,3H2,1-2H3,(H,14,15,17). The number of nitrogens with zero attached hydrogens (tertiary/aromatic N) is 3. The second kappa shape index (κ2) is 6.85. The molecule has 0 aliphatic rings. The van der Waals surface area contributed by atoms with E-state index in [0.29, 0.717) is 11.0 Å². The lowest BCUT2D eigenvalue weighted by atomic mass is 10.3. The molecule has 6 nitrogen and oxygen atoms in total. The van der Waals surface area contributed by atoms with Gasteiger partial charge in [-0.1, -0.05) is 30.0 Å². The summed E-state index contributed by atoms with van der Waals surface area (Å²) in [6.45, 7) is 2.01. The van der Waals surface area contributed by atoms with E-state index in [0.717, 1.165) is 5.69 Å². The maximum Gasteiger partial charge on any atom is 0.362 e. The molecular weight excluding hydrogens is 276 g/mol. The molecule has 0 unspecified atom stereocenters. The minimum absolute atomic E-state index is 0.0773. The number of ether oxygens (including phenoxy) is 1. The molecule has 0 amide bonds. The average molecular weight is 290 g/mol. The number of anilines is 2. The fraction of sp³-hybridized carbons (Fsp3) is 0.231. The molecule has 0 fully saturated rings. The molecule has 1 heterocycles. The Labute approximate surface area is 121 Å². The molecular formula is C13H14N4O2S. The van der Waals surface area contributed by atoms with Crippen LogP contribution in [0.2, 0.25) is 0 Å². The zero-order chi connectivity index (χ0) is 14.4. The van der Waals surface area contributed by atoms with Crippen molar-refractivity contribution in [2.24, 2.45) is 0 Å². The number of carbonyl (C=O) groups excluding carboxylic acids is 1. The number of esters is 1. The highest BCUT2D eigenvalue weighted by Crippen LogP contribution is 2.19. The normalized spacial score (nSPS) is 10.1. The summed E-state index contributed by atoms with van der Waals surface area (Å²) in [5.41, 5.74) is 0.888. The van der Waals surface area contributed by atoms with E-state index >= 15 is 0 Å². The molecule has 0 radical (unpaired) electrons. The number of benzene rings is 1. The summed E-state index contributed by atoms with van der Waals surface area (Å²) >= 11 is 1.35. The van der Waals surface area contributed by atoms with Crippen LogP contribution < -0.4 is 5.32 Å². The van der Waals surface area contributed by atoms with Crippen LogP contribution in [0.3, 0.4) is 0 Å². The Morgan fingerprint density at radius 3 is 2.70 bits per heavy atom. The molecule has 0 aliphatic heterocycles. The first-order valence-corrected chi connectivity index (χ1v) is 7.25. The molecule has 2 rings (SSSR count). The molecule has 0 aliphatic carbocycles. The van der Waals surface area contributed by atoms with Crippen molar-refractivity contribution in [2.75, 3.05) is 18.2 Å². The van der Waals surface area contributed by atoms with Crippen molar-refractivity contribution >= 4 is 29.2 Å². The third-order valence-corrected chi connectivity index (χ3v) is 2.89. The summed E-state index contributed by atoms with van der Waals surface area (Å²) in [6.07, 6.45) is 1.84. The van der Waals surface area contributed by atoms with Crippen molar-refractivity contribution in [2.45, 2.75) is 12.1 Å². The van der Waals surface area contributed by atoms with Crippen LogP contribution >= 0.6 is 11.8 Å². The highest BCUT2D eigenvalue weighted by molar-refractivity contribution is 7.98. The van der Waals surface area contributed by atoms with Gasteiger partial charge >= 0.3 is 5.97 Å². The molecule has 0 bridgehead atoms. The van der Waals surface area contributed by atoms with E-state index in [-0.39, 0.29) is 12.3 Å². The Kier molecular flexibility index (Phi) is 4.89. The van der Waals surface area contributed by atoms with E-state index in [1.165, 1.54) is 11.8 Å². The van der Waals surface area contributed by atoms with Gasteiger partial charge in [0.15, 0.2) is 5.82 Å². The molecule has 1 aromatic heterocycles. The summed E-state index contributed by atoms with van der Waals surface area (Å²) in [5, 5.41) is 11.3. The quantitative estimate of drug-likeness (QED) is 0.669. The van der Waals surface area contributed by atoms with E-state index in [9.17, 15) is 4.79 Å². The lowest BCUT2D eigenvalue weighted by Crippen LogP contribution is -2.13. The van der Waals surface area contributed by atoms with E-state index in [1.54, 1.807) is 6.92 Å².